The summed E-state index contributed by atoms with van der Waals surface area (Å²) in [7, 11) is 0. The highest BCUT2D eigenvalue weighted by atomic mass is 16.6. The molecular weight excluding hydrogens is 230 g/mol. The standard InChI is InChI=1S/C14H21NO3/c1-13(2,3)9-8-12(16)10(14(4,5)6)7-11(9)15(17)18/h7-8,16H,1-6H3. The third-order valence-corrected chi connectivity index (χ3v) is 2.93. The first-order valence-electron chi connectivity index (χ1n) is 5.97. The van der Waals surface area contributed by atoms with E-state index in [1.807, 2.05) is 41.5 Å². The zero-order valence-electron chi connectivity index (χ0n) is 11.9. The summed E-state index contributed by atoms with van der Waals surface area (Å²) >= 11 is 0. The van der Waals surface area contributed by atoms with E-state index in [1.54, 1.807) is 0 Å². The minimum absolute atomic E-state index is 0.0743. The van der Waals surface area contributed by atoms with Crippen LogP contribution in [-0.4, -0.2) is 10.0 Å². The molecule has 0 heterocycles. The Balaban J connectivity index is 3.60. The van der Waals surface area contributed by atoms with E-state index in [2.05, 4.69) is 0 Å². The molecule has 0 spiro atoms. The van der Waals surface area contributed by atoms with Crippen molar-refractivity contribution < 1.29 is 10.0 Å². The molecule has 0 aliphatic heterocycles. The predicted octanol–water partition coefficient (Wildman–Crippen LogP) is 3.90. The molecule has 0 saturated heterocycles. The molecule has 18 heavy (non-hydrogen) atoms. The van der Waals surface area contributed by atoms with Gasteiger partial charge in [-0.25, -0.2) is 0 Å². The van der Waals surface area contributed by atoms with E-state index in [4.69, 9.17) is 0 Å². The van der Waals surface area contributed by atoms with Gasteiger partial charge in [-0.05, 0) is 16.9 Å². The second kappa shape index (κ2) is 4.26. The van der Waals surface area contributed by atoms with Crippen molar-refractivity contribution in [3.05, 3.63) is 33.4 Å². The van der Waals surface area contributed by atoms with Crippen LogP contribution in [0.5, 0.6) is 5.75 Å². The Morgan fingerprint density at radius 3 is 1.78 bits per heavy atom. The lowest BCUT2D eigenvalue weighted by molar-refractivity contribution is -0.386. The second-order valence-electron chi connectivity index (χ2n) is 6.64. The Bertz CT molecular complexity index is 479. The smallest absolute Gasteiger partial charge is 0.273 e. The zero-order chi connectivity index (χ0) is 14.3. The van der Waals surface area contributed by atoms with Gasteiger partial charge in [0.1, 0.15) is 5.75 Å². The number of benzene rings is 1. The van der Waals surface area contributed by atoms with Crippen molar-refractivity contribution in [3.63, 3.8) is 0 Å². The van der Waals surface area contributed by atoms with Crippen LogP contribution >= 0.6 is 0 Å². The number of phenolic OH excluding ortho intramolecular Hbond substituents is 1. The van der Waals surface area contributed by atoms with Crippen molar-refractivity contribution in [1.82, 2.24) is 0 Å². The highest BCUT2D eigenvalue weighted by Gasteiger charge is 2.29. The van der Waals surface area contributed by atoms with Gasteiger partial charge < -0.3 is 5.11 Å². The van der Waals surface area contributed by atoms with Gasteiger partial charge >= 0.3 is 0 Å². The molecule has 4 heteroatoms. The lowest BCUT2D eigenvalue weighted by Gasteiger charge is -2.24. The van der Waals surface area contributed by atoms with Crippen LogP contribution < -0.4 is 0 Å². The highest BCUT2D eigenvalue weighted by molar-refractivity contribution is 5.54. The van der Waals surface area contributed by atoms with Crippen LogP contribution in [0.3, 0.4) is 0 Å². The fourth-order valence-corrected chi connectivity index (χ4v) is 1.93. The molecule has 1 rings (SSSR count). The van der Waals surface area contributed by atoms with Gasteiger partial charge in [0.05, 0.1) is 4.92 Å². The van der Waals surface area contributed by atoms with Crippen molar-refractivity contribution in [2.75, 3.05) is 0 Å². The fraction of sp³-hybridized carbons (Fsp3) is 0.571. The normalized spacial score (nSPS) is 12.6. The lowest BCUT2D eigenvalue weighted by Crippen LogP contribution is -2.17. The van der Waals surface area contributed by atoms with E-state index in [-0.39, 0.29) is 27.2 Å². The molecule has 0 fully saturated rings. The van der Waals surface area contributed by atoms with Crippen molar-refractivity contribution in [1.29, 1.82) is 0 Å². The first-order chi connectivity index (χ1) is 7.94. The molecule has 0 radical (unpaired) electrons. The molecule has 0 aliphatic rings. The van der Waals surface area contributed by atoms with Crippen molar-refractivity contribution in [2.45, 2.75) is 52.4 Å². The van der Waals surface area contributed by atoms with Crippen LogP contribution in [-0.2, 0) is 10.8 Å². The van der Waals surface area contributed by atoms with Crippen LogP contribution in [0.25, 0.3) is 0 Å². The Morgan fingerprint density at radius 1 is 1.00 bits per heavy atom. The predicted molar refractivity (Wildman–Crippen MR) is 72.2 cm³/mol. The first-order valence-corrected chi connectivity index (χ1v) is 5.97. The van der Waals surface area contributed by atoms with Crippen LogP contribution in [0.4, 0.5) is 5.69 Å². The Hall–Kier alpha value is -1.58. The molecule has 0 unspecified atom stereocenters. The molecule has 0 bridgehead atoms. The summed E-state index contributed by atoms with van der Waals surface area (Å²) in [5.74, 6) is 0.123. The molecule has 0 atom stereocenters. The molecule has 0 saturated carbocycles. The number of nitro groups is 1. The average molecular weight is 251 g/mol. The summed E-state index contributed by atoms with van der Waals surface area (Å²) < 4.78 is 0. The van der Waals surface area contributed by atoms with Gasteiger partial charge in [0.25, 0.3) is 5.69 Å². The maximum atomic E-state index is 11.2. The number of hydrogen-bond donors (Lipinski definition) is 1. The summed E-state index contributed by atoms with van der Waals surface area (Å²) in [4.78, 5) is 10.8. The molecule has 0 aliphatic carbocycles. The quantitative estimate of drug-likeness (QED) is 0.608. The molecular formula is C14H21NO3. The molecule has 0 amide bonds. The molecule has 1 aromatic rings. The summed E-state index contributed by atoms with van der Waals surface area (Å²) in [6, 6.07) is 3.02. The fourth-order valence-electron chi connectivity index (χ4n) is 1.93. The minimum Gasteiger partial charge on any atom is -0.508 e. The highest BCUT2D eigenvalue weighted by Crippen LogP contribution is 2.40. The van der Waals surface area contributed by atoms with Crippen molar-refractivity contribution in [3.8, 4) is 5.75 Å². The van der Waals surface area contributed by atoms with E-state index < -0.39 is 0 Å². The van der Waals surface area contributed by atoms with Gasteiger partial charge in [0.15, 0.2) is 0 Å². The topological polar surface area (TPSA) is 63.4 Å². The molecule has 1 aromatic carbocycles. The van der Waals surface area contributed by atoms with Gasteiger partial charge in [0, 0.05) is 17.2 Å². The number of hydrogen-bond acceptors (Lipinski definition) is 3. The second-order valence-corrected chi connectivity index (χ2v) is 6.64. The van der Waals surface area contributed by atoms with E-state index in [0.717, 1.165) is 0 Å². The maximum Gasteiger partial charge on any atom is 0.273 e. The van der Waals surface area contributed by atoms with E-state index in [0.29, 0.717) is 11.1 Å². The SMILES string of the molecule is CC(C)(C)c1cc([N+](=O)[O-])c(C(C)(C)C)cc1O. The number of rotatable bonds is 1. The minimum atomic E-state index is -0.380. The van der Waals surface area contributed by atoms with Gasteiger partial charge in [0.2, 0.25) is 0 Å². The monoisotopic (exact) mass is 251 g/mol. The number of nitro benzene ring substituents is 1. The number of phenols is 1. The van der Waals surface area contributed by atoms with Gasteiger partial charge in [-0.15, -0.1) is 0 Å². The average Bonchev–Trinajstić information content (AvgIpc) is 2.13. The third-order valence-electron chi connectivity index (χ3n) is 2.93. The first kappa shape index (κ1) is 14.5. The van der Waals surface area contributed by atoms with Crippen LogP contribution in [0.15, 0.2) is 12.1 Å². The Labute approximate surface area is 108 Å². The lowest BCUT2D eigenvalue weighted by atomic mass is 9.80. The van der Waals surface area contributed by atoms with Crippen molar-refractivity contribution >= 4 is 5.69 Å². The van der Waals surface area contributed by atoms with Gasteiger partial charge in [-0.1, -0.05) is 41.5 Å². The largest absolute Gasteiger partial charge is 0.508 e. The van der Waals surface area contributed by atoms with Crippen LogP contribution in [0.1, 0.15) is 52.7 Å². The Kier molecular flexibility index (Phi) is 3.43. The van der Waals surface area contributed by atoms with Gasteiger partial charge in [-0.3, -0.25) is 10.1 Å². The van der Waals surface area contributed by atoms with Crippen LogP contribution in [0, 0.1) is 10.1 Å². The van der Waals surface area contributed by atoms with Crippen LogP contribution in [0.2, 0.25) is 0 Å². The summed E-state index contributed by atoms with van der Waals surface area (Å²) in [5, 5.41) is 21.3. The van der Waals surface area contributed by atoms with Gasteiger partial charge in [-0.2, -0.15) is 0 Å². The third kappa shape index (κ3) is 2.81. The molecule has 0 aromatic heterocycles. The molecule has 100 valence electrons. The molecule has 4 nitrogen and oxygen atoms in total. The summed E-state index contributed by atoms with van der Waals surface area (Å²) in [5.41, 5.74) is 0.520. The zero-order valence-corrected chi connectivity index (χ0v) is 11.9. The van der Waals surface area contributed by atoms with E-state index in [1.165, 1.54) is 12.1 Å². The Morgan fingerprint density at radius 2 is 1.44 bits per heavy atom. The van der Waals surface area contributed by atoms with E-state index >= 15 is 0 Å². The maximum absolute atomic E-state index is 11.2. The summed E-state index contributed by atoms with van der Waals surface area (Å²) in [6.45, 7) is 11.4. The number of nitrogens with zero attached hydrogens (tertiary/aromatic N) is 1. The summed E-state index contributed by atoms with van der Waals surface area (Å²) in [6.07, 6.45) is 0. The number of aromatic hydroxyl groups is 1. The van der Waals surface area contributed by atoms with E-state index in [9.17, 15) is 15.2 Å². The van der Waals surface area contributed by atoms with Crippen molar-refractivity contribution in [2.24, 2.45) is 0 Å². The molecule has 1 N–H and O–H groups in total.